The molecule has 1 saturated heterocycles. The minimum atomic E-state index is -0.620. The van der Waals surface area contributed by atoms with Crippen molar-refractivity contribution in [3.63, 3.8) is 0 Å². The summed E-state index contributed by atoms with van der Waals surface area (Å²) in [5.74, 6) is -1.25. The molecule has 2 aromatic carbocycles. The van der Waals surface area contributed by atoms with Crippen molar-refractivity contribution in [3.8, 4) is 5.75 Å². The number of nitrogens with one attached hydrogen (secondary N) is 1. The van der Waals surface area contributed by atoms with Crippen molar-refractivity contribution in [1.29, 1.82) is 0 Å². The van der Waals surface area contributed by atoms with E-state index in [1.165, 1.54) is 13.2 Å². The minimum absolute atomic E-state index is 0.0442. The number of carbonyl (C=O) groups excluding carboxylic acids is 2. The van der Waals surface area contributed by atoms with Gasteiger partial charge in [-0.05, 0) is 64.3 Å². The lowest BCUT2D eigenvalue weighted by atomic mass is 10.0. The van der Waals surface area contributed by atoms with E-state index in [2.05, 4.69) is 10.2 Å². The molecule has 3 aromatic rings. The van der Waals surface area contributed by atoms with Crippen LogP contribution >= 0.6 is 23.2 Å². The van der Waals surface area contributed by atoms with Gasteiger partial charge >= 0.3 is 5.97 Å². The fourth-order valence-electron chi connectivity index (χ4n) is 6.34. The van der Waals surface area contributed by atoms with Gasteiger partial charge in [0.2, 0.25) is 5.43 Å². The first-order chi connectivity index (χ1) is 21.0. The Morgan fingerprint density at radius 1 is 1.14 bits per heavy atom. The van der Waals surface area contributed by atoms with Crippen LogP contribution < -0.4 is 20.4 Å². The molecule has 1 aliphatic heterocycles. The number of benzene rings is 2. The summed E-state index contributed by atoms with van der Waals surface area (Å²) in [6, 6.07) is 5.54. The number of anilines is 1. The number of esters is 1. The van der Waals surface area contributed by atoms with Gasteiger partial charge in [0.05, 0.1) is 24.6 Å². The first-order valence-corrected chi connectivity index (χ1v) is 15.6. The second-order valence-electron chi connectivity index (χ2n) is 11.5. The highest BCUT2D eigenvalue weighted by Crippen LogP contribution is 2.44. The third-order valence-electron chi connectivity index (χ3n) is 8.42. The number of rotatable bonds is 9. The van der Waals surface area contributed by atoms with E-state index >= 15 is 4.39 Å². The smallest absolute Gasteiger partial charge is 0.323 e. The maximum atomic E-state index is 16.1. The minimum Gasteiger partial charge on any atom is -0.492 e. The highest BCUT2D eigenvalue weighted by atomic mass is 35.5. The Hall–Kier alpha value is -3.34. The zero-order chi connectivity index (χ0) is 31.9. The van der Waals surface area contributed by atoms with E-state index in [0.29, 0.717) is 40.8 Å². The first-order valence-electron chi connectivity index (χ1n) is 14.8. The van der Waals surface area contributed by atoms with Crippen molar-refractivity contribution >= 4 is 51.7 Å². The van der Waals surface area contributed by atoms with E-state index in [1.54, 1.807) is 31.3 Å². The molecule has 1 aromatic heterocycles. The largest absolute Gasteiger partial charge is 0.492 e. The second kappa shape index (κ2) is 12.9. The van der Waals surface area contributed by atoms with Crippen LogP contribution in [0.1, 0.15) is 62.5 Å². The zero-order valence-corrected chi connectivity index (χ0v) is 27.0. The average Bonchev–Trinajstić information content (AvgIpc) is 3.81. The summed E-state index contributed by atoms with van der Waals surface area (Å²) in [6.07, 6.45) is 3.26. The number of aromatic nitrogens is 1. The molecule has 1 unspecified atom stereocenters. The molecule has 44 heavy (non-hydrogen) atoms. The summed E-state index contributed by atoms with van der Waals surface area (Å²) in [5.41, 5.74) is 0.676. The molecule has 1 N–H and O–H groups in total. The van der Waals surface area contributed by atoms with Crippen molar-refractivity contribution in [2.24, 2.45) is 0 Å². The van der Waals surface area contributed by atoms with Crippen LogP contribution in [0.2, 0.25) is 10.0 Å². The highest BCUT2D eigenvalue weighted by Gasteiger charge is 2.39. The maximum absolute atomic E-state index is 16.1. The standard InChI is InChI=1S/C32H37Cl2FN4O5/c1-6-44-32(42)19(4)39-17(2)14-37(15-18(39)3)28-26(35)12-23-27(30(28)43-5)38(22-9-10-22)16-24(29(23)40)31(41)36-13-20-7-8-21(33)11-25(20)34/h7-8,11-12,16-19,22H,6,9-10,13-15H2,1-5H3,(H,36,41)/t17-,18+,19?. The Kier molecular flexibility index (Phi) is 9.44. The summed E-state index contributed by atoms with van der Waals surface area (Å²) in [6.45, 7) is 8.82. The third-order valence-corrected chi connectivity index (χ3v) is 9.01. The van der Waals surface area contributed by atoms with Gasteiger partial charge < -0.3 is 24.3 Å². The molecule has 0 radical (unpaired) electrons. The van der Waals surface area contributed by atoms with Gasteiger partial charge in [-0.15, -0.1) is 0 Å². The molecule has 12 heteroatoms. The summed E-state index contributed by atoms with van der Waals surface area (Å²) < 4.78 is 29.1. The number of piperazine rings is 1. The van der Waals surface area contributed by atoms with E-state index in [-0.39, 0.29) is 53.0 Å². The first kappa shape index (κ1) is 32.1. The quantitative estimate of drug-likeness (QED) is 0.304. The van der Waals surface area contributed by atoms with Crippen molar-refractivity contribution in [3.05, 3.63) is 67.7 Å². The number of amides is 1. The van der Waals surface area contributed by atoms with Crippen LogP contribution in [0.4, 0.5) is 10.1 Å². The van der Waals surface area contributed by atoms with Gasteiger partial charge in [-0.1, -0.05) is 29.3 Å². The van der Waals surface area contributed by atoms with E-state index < -0.39 is 23.2 Å². The number of methoxy groups -OCH3 is 1. The van der Waals surface area contributed by atoms with Crippen LogP contribution in [0.5, 0.6) is 5.75 Å². The summed E-state index contributed by atoms with van der Waals surface area (Å²) in [5, 5.41) is 3.70. The Bertz CT molecular complexity index is 1650. The number of ether oxygens (including phenoxy) is 2. The zero-order valence-electron chi connectivity index (χ0n) is 25.5. The molecule has 9 nitrogen and oxygen atoms in total. The van der Waals surface area contributed by atoms with Crippen LogP contribution in [0.3, 0.4) is 0 Å². The molecule has 2 heterocycles. The molecule has 1 aliphatic carbocycles. The topological polar surface area (TPSA) is 93.1 Å². The molecular formula is C32H37Cl2FN4O5. The van der Waals surface area contributed by atoms with Gasteiger partial charge in [0.25, 0.3) is 5.91 Å². The van der Waals surface area contributed by atoms with Crippen molar-refractivity contribution in [2.45, 2.75) is 71.2 Å². The molecule has 1 saturated carbocycles. The monoisotopic (exact) mass is 646 g/mol. The van der Waals surface area contributed by atoms with E-state index in [0.717, 1.165) is 12.8 Å². The van der Waals surface area contributed by atoms with Gasteiger partial charge in [-0.25, -0.2) is 4.39 Å². The second-order valence-corrected chi connectivity index (χ2v) is 12.4. The van der Waals surface area contributed by atoms with Gasteiger partial charge in [-0.2, -0.15) is 0 Å². The molecule has 2 aliphatic rings. The molecule has 2 fully saturated rings. The van der Waals surface area contributed by atoms with Crippen LogP contribution in [-0.2, 0) is 16.1 Å². The van der Waals surface area contributed by atoms with Gasteiger partial charge in [0, 0.05) is 54.0 Å². The number of hydrogen-bond acceptors (Lipinski definition) is 7. The molecule has 0 bridgehead atoms. The lowest BCUT2D eigenvalue weighted by Gasteiger charge is -2.47. The Morgan fingerprint density at radius 2 is 1.82 bits per heavy atom. The molecule has 1 amide bonds. The average molecular weight is 648 g/mol. The number of fused-ring (bicyclic) bond motifs is 1. The molecule has 236 valence electrons. The molecule has 3 atom stereocenters. The maximum Gasteiger partial charge on any atom is 0.323 e. The third kappa shape index (κ3) is 6.12. The van der Waals surface area contributed by atoms with Crippen molar-refractivity contribution in [1.82, 2.24) is 14.8 Å². The summed E-state index contributed by atoms with van der Waals surface area (Å²) >= 11 is 12.2. The van der Waals surface area contributed by atoms with Crippen molar-refractivity contribution < 1.29 is 23.5 Å². The van der Waals surface area contributed by atoms with Crippen LogP contribution in [0.25, 0.3) is 10.9 Å². The normalized spacial score (nSPS) is 19.6. The fraction of sp³-hybridized carbons (Fsp3) is 0.469. The lowest BCUT2D eigenvalue weighted by molar-refractivity contribution is -0.151. The summed E-state index contributed by atoms with van der Waals surface area (Å²) in [4.78, 5) is 43.5. The van der Waals surface area contributed by atoms with Gasteiger partial charge in [0.15, 0.2) is 11.6 Å². The SMILES string of the molecule is CCOC(=O)C(C)N1[C@H](C)CN(c2c(F)cc3c(=O)c(C(=O)NCc4ccc(Cl)cc4Cl)cn(C4CC4)c3c2OC)C[C@@H]1C. The van der Waals surface area contributed by atoms with Crippen molar-refractivity contribution in [2.75, 3.05) is 31.7 Å². The predicted octanol–water partition coefficient (Wildman–Crippen LogP) is 5.57. The van der Waals surface area contributed by atoms with Gasteiger partial charge in [-0.3, -0.25) is 19.3 Å². The molecular weight excluding hydrogens is 610 g/mol. The molecule has 0 spiro atoms. The Morgan fingerprint density at radius 3 is 2.41 bits per heavy atom. The van der Waals surface area contributed by atoms with E-state index in [1.807, 2.05) is 30.2 Å². The van der Waals surface area contributed by atoms with E-state index in [4.69, 9.17) is 32.7 Å². The Balaban J connectivity index is 1.51. The fourth-order valence-corrected chi connectivity index (χ4v) is 6.81. The predicted molar refractivity (Wildman–Crippen MR) is 170 cm³/mol. The van der Waals surface area contributed by atoms with Crippen LogP contribution in [0, 0.1) is 5.82 Å². The number of nitrogens with zero attached hydrogens (tertiary/aromatic N) is 3. The van der Waals surface area contributed by atoms with Crippen LogP contribution in [0.15, 0.2) is 35.3 Å². The highest BCUT2D eigenvalue weighted by molar-refractivity contribution is 6.35. The summed E-state index contributed by atoms with van der Waals surface area (Å²) in [7, 11) is 1.46. The molecule has 5 rings (SSSR count). The number of hydrogen-bond donors (Lipinski definition) is 1. The van der Waals surface area contributed by atoms with Gasteiger partial charge in [0.1, 0.15) is 17.3 Å². The Labute approximate surface area is 265 Å². The van der Waals surface area contributed by atoms with Crippen LogP contribution in [-0.4, -0.2) is 66.3 Å². The lowest BCUT2D eigenvalue weighted by Crippen LogP contribution is -2.61. The number of pyridine rings is 1. The van der Waals surface area contributed by atoms with E-state index in [9.17, 15) is 14.4 Å². The number of halogens is 3. The number of carbonyl (C=O) groups is 2.